The van der Waals surface area contributed by atoms with Crippen LogP contribution in [0.5, 0.6) is 0 Å². The second kappa shape index (κ2) is 11.5. The molecule has 0 N–H and O–H groups in total. The van der Waals surface area contributed by atoms with Crippen LogP contribution in [0.4, 0.5) is 0 Å². The Hall–Kier alpha value is -1.10. The highest BCUT2D eigenvalue weighted by Crippen LogP contribution is 2.08. The van der Waals surface area contributed by atoms with Crippen LogP contribution in [0.1, 0.15) is 51.9 Å². The number of ether oxygens (including phenoxy) is 2. The highest BCUT2D eigenvalue weighted by atomic mass is 16.5. The van der Waals surface area contributed by atoms with E-state index in [4.69, 9.17) is 9.47 Å². The summed E-state index contributed by atoms with van der Waals surface area (Å²) in [5.41, 5.74) is 0. The van der Waals surface area contributed by atoms with E-state index in [9.17, 15) is 9.59 Å². The Morgan fingerprint density at radius 3 is 1.76 bits per heavy atom. The molecule has 0 unspecified atom stereocenters. The van der Waals surface area contributed by atoms with E-state index in [2.05, 4.69) is 21.1 Å². The Kier molecular flexibility index (Phi) is 10.9. The molecule has 0 saturated carbocycles. The number of carbonyl (C=O) groups is 2. The van der Waals surface area contributed by atoms with Crippen LogP contribution in [-0.4, -0.2) is 57.3 Å². The van der Waals surface area contributed by atoms with Crippen LogP contribution in [0, 0.1) is 0 Å². The summed E-state index contributed by atoms with van der Waals surface area (Å²) in [7, 11) is 6.22. The summed E-state index contributed by atoms with van der Waals surface area (Å²) in [5.74, 6) is -0.215. The van der Waals surface area contributed by atoms with Crippen molar-refractivity contribution < 1.29 is 23.5 Å². The first-order valence-corrected chi connectivity index (χ1v) is 7.97. The van der Waals surface area contributed by atoms with E-state index in [1.54, 1.807) is 0 Å². The molecule has 0 aliphatic rings. The van der Waals surface area contributed by atoms with Gasteiger partial charge < -0.3 is 14.0 Å². The third-order valence-corrected chi connectivity index (χ3v) is 3.09. The molecule has 124 valence electrons. The van der Waals surface area contributed by atoms with Crippen molar-refractivity contribution in [3.8, 4) is 0 Å². The van der Waals surface area contributed by atoms with Gasteiger partial charge in [-0.2, -0.15) is 0 Å². The lowest BCUT2D eigenvalue weighted by Crippen LogP contribution is -2.37. The number of quaternary nitrogens is 1. The van der Waals surface area contributed by atoms with Gasteiger partial charge in [0.05, 0.1) is 27.7 Å². The standard InChI is InChI=1S/C16H32NO4/c1-5-20-15(18)11-9-7-6-8-10-12-16(19)21-14-13-17(2,3)4/h5-14H2,1-4H3/q+1. The highest BCUT2D eigenvalue weighted by Gasteiger charge is 2.09. The lowest BCUT2D eigenvalue weighted by molar-refractivity contribution is -0.870. The number of hydrogen-bond acceptors (Lipinski definition) is 4. The summed E-state index contributed by atoms with van der Waals surface area (Å²) in [6, 6.07) is 0. The third kappa shape index (κ3) is 15.1. The Bertz CT molecular complexity index is 297. The van der Waals surface area contributed by atoms with Gasteiger partial charge in [0, 0.05) is 12.8 Å². The van der Waals surface area contributed by atoms with Gasteiger partial charge in [0.15, 0.2) is 0 Å². The van der Waals surface area contributed by atoms with Crippen molar-refractivity contribution in [2.24, 2.45) is 0 Å². The largest absolute Gasteiger partial charge is 0.466 e. The minimum absolute atomic E-state index is 0.102. The molecule has 0 rings (SSSR count). The van der Waals surface area contributed by atoms with Crippen molar-refractivity contribution in [2.45, 2.75) is 51.9 Å². The number of nitrogens with zero attached hydrogens (tertiary/aromatic N) is 1. The zero-order valence-corrected chi connectivity index (χ0v) is 14.2. The Balaban J connectivity index is 3.35. The van der Waals surface area contributed by atoms with E-state index < -0.39 is 0 Å². The molecular weight excluding hydrogens is 270 g/mol. The number of likely N-dealkylation sites (N-methyl/N-ethyl adjacent to an activating group) is 1. The topological polar surface area (TPSA) is 52.6 Å². The highest BCUT2D eigenvalue weighted by molar-refractivity contribution is 5.69. The van der Waals surface area contributed by atoms with Gasteiger partial charge in [0.1, 0.15) is 13.2 Å². The number of unbranched alkanes of at least 4 members (excludes halogenated alkanes) is 4. The molecule has 0 spiro atoms. The fraction of sp³-hybridized carbons (Fsp3) is 0.875. The van der Waals surface area contributed by atoms with E-state index in [0.717, 1.165) is 43.1 Å². The smallest absolute Gasteiger partial charge is 0.305 e. The zero-order chi connectivity index (χ0) is 16.1. The summed E-state index contributed by atoms with van der Waals surface area (Å²) in [6.45, 7) is 3.59. The molecule has 0 aliphatic carbocycles. The maximum absolute atomic E-state index is 11.5. The number of rotatable bonds is 12. The predicted octanol–water partition coefficient (Wildman–Crippen LogP) is 2.53. The maximum atomic E-state index is 11.5. The third-order valence-electron chi connectivity index (χ3n) is 3.09. The van der Waals surface area contributed by atoms with Crippen molar-refractivity contribution in [1.29, 1.82) is 0 Å². The molecule has 0 bridgehead atoms. The van der Waals surface area contributed by atoms with Gasteiger partial charge in [-0.1, -0.05) is 19.3 Å². The van der Waals surface area contributed by atoms with Crippen LogP contribution in [0.25, 0.3) is 0 Å². The van der Waals surface area contributed by atoms with Gasteiger partial charge >= 0.3 is 11.9 Å². The summed E-state index contributed by atoms with van der Waals surface area (Å²) in [5, 5.41) is 0. The van der Waals surface area contributed by atoms with Gasteiger partial charge in [0.25, 0.3) is 0 Å². The van der Waals surface area contributed by atoms with Crippen LogP contribution in [0.3, 0.4) is 0 Å². The lowest BCUT2D eigenvalue weighted by Gasteiger charge is -2.23. The Morgan fingerprint density at radius 1 is 0.810 bits per heavy atom. The fourth-order valence-corrected chi connectivity index (χ4v) is 1.81. The quantitative estimate of drug-likeness (QED) is 0.316. The van der Waals surface area contributed by atoms with Crippen LogP contribution in [-0.2, 0) is 19.1 Å². The molecule has 0 heterocycles. The summed E-state index contributed by atoms with van der Waals surface area (Å²) in [4.78, 5) is 22.6. The van der Waals surface area contributed by atoms with Crippen LogP contribution < -0.4 is 0 Å². The van der Waals surface area contributed by atoms with Gasteiger partial charge in [-0.25, -0.2) is 0 Å². The Labute approximate surface area is 129 Å². The summed E-state index contributed by atoms with van der Waals surface area (Å²) >= 11 is 0. The van der Waals surface area contributed by atoms with Gasteiger partial charge in [-0.05, 0) is 19.8 Å². The number of carbonyl (C=O) groups excluding carboxylic acids is 2. The Morgan fingerprint density at radius 2 is 1.29 bits per heavy atom. The number of esters is 2. The minimum Gasteiger partial charge on any atom is -0.466 e. The molecule has 5 nitrogen and oxygen atoms in total. The average molecular weight is 302 g/mol. The van der Waals surface area contributed by atoms with E-state index in [-0.39, 0.29) is 11.9 Å². The molecule has 21 heavy (non-hydrogen) atoms. The maximum Gasteiger partial charge on any atom is 0.305 e. The van der Waals surface area contributed by atoms with Crippen LogP contribution >= 0.6 is 0 Å². The van der Waals surface area contributed by atoms with Gasteiger partial charge in [-0.15, -0.1) is 0 Å². The molecule has 0 aromatic rings. The van der Waals surface area contributed by atoms with Crippen molar-refractivity contribution in [3.05, 3.63) is 0 Å². The van der Waals surface area contributed by atoms with Crippen molar-refractivity contribution >= 4 is 11.9 Å². The average Bonchev–Trinajstić information content (AvgIpc) is 2.36. The summed E-state index contributed by atoms with van der Waals surface area (Å²) in [6.07, 6.45) is 5.79. The van der Waals surface area contributed by atoms with Gasteiger partial charge in [-0.3, -0.25) is 9.59 Å². The summed E-state index contributed by atoms with van der Waals surface area (Å²) < 4.78 is 10.8. The first-order chi connectivity index (χ1) is 9.85. The molecule has 0 aromatic carbocycles. The van der Waals surface area contributed by atoms with E-state index in [0.29, 0.717) is 26.1 Å². The molecule has 0 saturated heterocycles. The molecule has 0 atom stereocenters. The molecular formula is C16H32NO4+. The monoisotopic (exact) mass is 302 g/mol. The molecule has 5 heteroatoms. The second-order valence-electron chi connectivity index (χ2n) is 6.31. The van der Waals surface area contributed by atoms with Crippen molar-refractivity contribution in [2.75, 3.05) is 40.9 Å². The first-order valence-electron chi connectivity index (χ1n) is 7.97. The normalized spacial score (nSPS) is 11.2. The minimum atomic E-state index is -0.113. The van der Waals surface area contributed by atoms with Crippen LogP contribution in [0.15, 0.2) is 0 Å². The molecule has 0 fully saturated rings. The number of hydrogen-bond donors (Lipinski definition) is 0. The molecule has 0 aromatic heterocycles. The SMILES string of the molecule is CCOC(=O)CCCCCCCC(=O)OCC[N+](C)(C)C. The lowest BCUT2D eigenvalue weighted by atomic mass is 10.1. The van der Waals surface area contributed by atoms with Gasteiger partial charge in [0.2, 0.25) is 0 Å². The van der Waals surface area contributed by atoms with E-state index in [1.165, 1.54) is 0 Å². The zero-order valence-electron chi connectivity index (χ0n) is 14.2. The predicted molar refractivity (Wildman–Crippen MR) is 82.8 cm³/mol. The van der Waals surface area contributed by atoms with E-state index in [1.807, 2.05) is 6.92 Å². The van der Waals surface area contributed by atoms with Crippen LogP contribution in [0.2, 0.25) is 0 Å². The fourth-order valence-electron chi connectivity index (χ4n) is 1.81. The molecule has 0 radical (unpaired) electrons. The molecule has 0 amide bonds. The van der Waals surface area contributed by atoms with Crippen molar-refractivity contribution in [1.82, 2.24) is 0 Å². The molecule has 0 aliphatic heterocycles. The first kappa shape index (κ1) is 19.9. The van der Waals surface area contributed by atoms with Crippen molar-refractivity contribution in [3.63, 3.8) is 0 Å². The van der Waals surface area contributed by atoms with E-state index >= 15 is 0 Å². The second-order valence-corrected chi connectivity index (χ2v) is 6.31.